The topological polar surface area (TPSA) is 92.5 Å². The summed E-state index contributed by atoms with van der Waals surface area (Å²) in [6.07, 6.45) is 1.50. The Kier molecular flexibility index (Phi) is 5.21. The zero-order valence-electron chi connectivity index (χ0n) is 14.8. The van der Waals surface area contributed by atoms with E-state index >= 15 is 0 Å². The molecule has 1 atom stereocenters. The van der Waals surface area contributed by atoms with E-state index in [2.05, 4.69) is 27.3 Å². The summed E-state index contributed by atoms with van der Waals surface area (Å²) in [6, 6.07) is 15.6. The molecule has 7 heteroatoms. The lowest BCUT2D eigenvalue weighted by molar-refractivity contribution is -0.123. The van der Waals surface area contributed by atoms with Crippen LogP contribution < -0.4 is 5.43 Å². The van der Waals surface area contributed by atoms with Crippen LogP contribution >= 0.6 is 0 Å². The molecule has 0 spiro atoms. The van der Waals surface area contributed by atoms with E-state index in [1.165, 1.54) is 6.08 Å². The summed E-state index contributed by atoms with van der Waals surface area (Å²) >= 11 is 0. The van der Waals surface area contributed by atoms with Crippen molar-refractivity contribution in [1.82, 2.24) is 5.43 Å². The maximum atomic E-state index is 12.5. The Bertz CT molecular complexity index is 920. The van der Waals surface area contributed by atoms with Gasteiger partial charge in [-0.3, -0.25) is 4.79 Å². The maximum Gasteiger partial charge on any atom is 0.338 e. The molecule has 1 N–H and O–H groups in total. The van der Waals surface area contributed by atoms with E-state index in [0.717, 1.165) is 0 Å². The molecular weight excluding hydrogens is 344 g/mol. The molecule has 1 unspecified atom stereocenters. The third kappa shape index (κ3) is 3.52. The molecule has 136 valence electrons. The van der Waals surface area contributed by atoms with E-state index in [1.54, 1.807) is 31.2 Å². The van der Waals surface area contributed by atoms with E-state index in [-0.39, 0.29) is 12.5 Å². The van der Waals surface area contributed by atoms with Crippen LogP contribution in [0.25, 0.3) is 0 Å². The van der Waals surface area contributed by atoms with E-state index in [1.807, 2.05) is 30.3 Å². The first-order valence-corrected chi connectivity index (χ1v) is 8.29. The molecule has 1 aliphatic rings. The van der Waals surface area contributed by atoms with Gasteiger partial charge >= 0.3 is 5.97 Å². The lowest BCUT2D eigenvalue weighted by Gasteiger charge is -2.20. The lowest BCUT2D eigenvalue weighted by atomic mass is 9.87. The maximum absolute atomic E-state index is 12.5. The molecule has 3 rings (SSSR count). The number of benzene rings is 2. The number of nitrogens with zero attached hydrogens (tertiary/aromatic N) is 3. The van der Waals surface area contributed by atoms with Crippen molar-refractivity contribution >= 4 is 23.3 Å². The number of hydrogen-bond acceptors (Lipinski definition) is 6. The van der Waals surface area contributed by atoms with Gasteiger partial charge in [-0.05, 0) is 36.8 Å². The standard InChI is InChI=1S/C20H18N4O3/c1-3-13-27-18(25)15-9-11-17(12-10-15)22-24-20(14(2)21-23-19(20)26)16-7-5-4-6-8-16/h3-12H,1,13H2,2H3,(H,23,26). The minimum atomic E-state index is -1.30. The van der Waals surface area contributed by atoms with Gasteiger partial charge in [0.2, 0.25) is 5.54 Å². The fraction of sp³-hybridized carbons (Fsp3) is 0.150. The SMILES string of the molecule is C=CCOC(=O)c1ccc(N=NC2(c3ccccc3)C(=O)NN=C2C)cc1. The van der Waals surface area contributed by atoms with Gasteiger partial charge in [0.15, 0.2) is 0 Å². The Morgan fingerprint density at radius 2 is 1.93 bits per heavy atom. The number of carbonyl (C=O) groups excluding carboxylic acids is 2. The number of azo groups is 1. The molecule has 0 saturated heterocycles. The highest BCUT2D eigenvalue weighted by Gasteiger charge is 2.48. The number of hydrogen-bond donors (Lipinski definition) is 1. The second-order valence-corrected chi connectivity index (χ2v) is 5.85. The number of rotatable bonds is 6. The van der Waals surface area contributed by atoms with Crippen LogP contribution in [0.4, 0.5) is 5.69 Å². The quantitative estimate of drug-likeness (QED) is 0.484. The first-order valence-electron chi connectivity index (χ1n) is 8.29. The molecule has 0 bridgehead atoms. The number of nitrogens with one attached hydrogen (secondary N) is 1. The monoisotopic (exact) mass is 362 g/mol. The van der Waals surface area contributed by atoms with Crippen molar-refractivity contribution in [3.63, 3.8) is 0 Å². The first-order chi connectivity index (χ1) is 13.1. The molecule has 1 amide bonds. The lowest BCUT2D eigenvalue weighted by Crippen LogP contribution is -2.39. The highest BCUT2D eigenvalue weighted by atomic mass is 16.5. The van der Waals surface area contributed by atoms with Gasteiger partial charge in [0.05, 0.1) is 17.0 Å². The summed E-state index contributed by atoms with van der Waals surface area (Å²) in [5.41, 5.74) is 3.24. The van der Waals surface area contributed by atoms with Crippen LogP contribution in [0, 0.1) is 0 Å². The van der Waals surface area contributed by atoms with Gasteiger partial charge in [0.1, 0.15) is 6.61 Å². The fourth-order valence-corrected chi connectivity index (χ4v) is 2.67. The van der Waals surface area contributed by atoms with Gasteiger partial charge in [-0.2, -0.15) is 15.3 Å². The Morgan fingerprint density at radius 3 is 2.52 bits per heavy atom. The molecule has 0 aliphatic carbocycles. The van der Waals surface area contributed by atoms with Crippen LogP contribution in [0.3, 0.4) is 0 Å². The molecule has 0 radical (unpaired) electrons. The van der Waals surface area contributed by atoms with Crippen LogP contribution in [-0.4, -0.2) is 24.2 Å². The molecule has 0 fully saturated rings. The largest absolute Gasteiger partial charge is 0.458 e. The Labute approximate surface area is 156 Å². The van der Waals surface area contributed by atoms with E-state index < -0.39 is 11.5 Å². The predicted molar refractivity (Wildman–Crippen MR) is 101 cm³/mol. The summed E-state index contributed by atoms with van der Waals surface area (Å²) in [6.45, 7) is 5.37. The minimum Gasteiger partial charge on any atom is -0.458 e. The summed E-state index contributed by atoms with van der Waals surface area (Å²) in [7, 11) is 0. The van der Waals surface area contributed by atoms with Crippen molar-refractivity contribution in [3.8, 4) is 0 Å². The molecule has 27 heavy (non-hydrogen) atoms. The van der Waals surface area contributed by atoms with Crippen molar-refractivity contribution in [1.29, 1.82) is 0 Å². The van der Waals surface area contributed by atoms with Gasteiger partial charge in [-0.25, -0.2) is 10.2 Å². The molecular formula is C20H18N4O3. The van der Waals surface area contributed by atoms with Gasteiger partial charge in [0.25, 0.3) is 5.91 Å². The molecule has 2 aromatic rings. The average molecular weight is 362 g/mol. The third-order valence-electron chi connectivity index (χ3n) is 4.12. The third-order valence-corrected chi connectivity index (χ3v) is 4.12. The first kappa shape index (κ1) is 18.2. The minimum absolute atomic E-state index is 0.146. The molecule has 7 nitrogen and oxygen atoms in total. The van der Waals surface area contributed by atoms with Crippen molar-refractivity contribution in [2.24, 2.45) is 15.3 Å². The molecule has 2 aromatic carbocycles. The second kappa shape index (κ2) is 7.74. The van der Waals surface area contributed by atoms with Gasteiger partial charge in [-0.15, -0.1) is 0 Å². The normalized spacial score (nSPS) is 18.9. The van der Waals surface area contributed by atoms with Crippen LogP contribution in [0.1, 0.15) is 22.8 Å². The number of ether oxygens (including phenoxy) is 1. The van der Waals surface area contributed by atoms with Crippen LogP contribution in [0.15, 0.2) is 82.6 Å². The molecule has 0 aromatic heterocycles. The predicted octanol–water partition coefficient (Wildman–Crippen LogP) is 3.51. The zero-order valence-corrected chi connectivity index (χ0v) is 14.8. The number of carbonyl (C=O) groups is 2. The highest BCUT2D eigenvalue weighted by molar-refractivity contribution is 6.16. The van der Waals surface area contributed by atoms with Crippen LogP contribution in [0.2, 0.25) is 0 Å². The highest BCUT2D eigenvalue weighted by Crippen LogP contribution is 2.33. The Hall–Kier alpha value is -3.61. The summed E-state index contributed by atoms with van der Waals surface area (Å²) in [4.78, 5) is 24.3. The summed E-state index contributed by atoms with van der Waals surface area (Å²) in [5, 5.41) is 12.6. The molecule has 1 heterocycles. The van der Waals surface area contributed by atoms with Gasteiger partial charge < -0.3 is 4.74 Å². The zero-order chi connectivity index (χ0) is 19.3. The smallest absolute Gasteiger partial charge is 0.338 e. The molecule has 1 aliphatic heterocycles. The van der Waals surface area contributed by atoms with Crippen molar-refractivity contribution in [2.45, 2.75) is 12.5 Å². The summed E-state index contributed by atoms with van der Waals surface area (Å²) < 4.78 is 4.98. The van der Waals surface area contributed by atoms with Crippen molar-refractivity contribution in [2.75, 3.05) is 6.61 Å². The number of hydrazone groups is 1. The van der Waals surface area contributed by atoms with Crippen LogP contribution in [-0.2, 0) is 15.1 Å². The van der Waals surface area contributed by atoms with E-state index in [9.17, 15) is 9.59 Å². The Balaban J connectivity index is 1.88. The van der Waals surface area contributed by atoms with E-state index in [4.69, 9.17) is 4.74 Å². The molecule has 0 saturated carbocycles. The average Bonchev–Trinajstić information content (AvgIpc) is 3.00. The second-order valence-electron chi connectivity index (χ2n) is 5.85. The van der Waals surface area contributed by atoms with Crippen molar-refractivity contribution in [3.05, 3.63) is 78.4 Å². The van der Waals surface area contributed by atoms with Crippen LogP contribution in [0.5, 0.6) is 0 Å². The number of esters is 1. The van der Waals surface area contributed by atoms with Gasteiger partial charge in [0, 0.05) is 0 Å². The van der Waals surface area contributed by atoms with E-state index in [0.29, 0.717) is 22.5 Å². The Morgan fingerprint density at radius 1 is 1.22 bits per heavy atom. The summed E-state index contributed by atoms with van der Waals surface area (Å²) in [5.74, 6) is -0.808. The van der Waals surface area contributed by atoms with Gasteiger partial charge in [-0.1, -0.05) is 43.0 Å². The fourth-order valence-electron chi connectivity index (χ4n) is 2.67. The number of amides is 1. The van der Waals surface area contributed by atoms with Crippen molar-refractivity contribution < 1.29 is 14.3 Å².